The van der Waals surface area contributed by atoms with Crippen LogP contribution in [0.5, 0.6) is 0 Å². The SMILES string of the molecule is Cc1ccc(NC(=O)Cn2c(SCc3ccccc3)nc3c(c2=O)CCC3)c(C)c1. The summed E-state index contributed by atoms with van der Waals surface area (Å²) in [5.74, 6) is 0.482. The lowest BCUT2D eigenvalue weighted by Crippen LogP contribution is -2.32. The smallest absolute Gasteiger partial charge is 0.258 e. The van der Waals surface area contributed by atoms with Crippen molar-refractivity contribution >= 4 is 23.4 Å². The first-order valence-electron chi connectivity index (χ1n) is 10.2. The molecule has 154 valence electrons. The molecule has 1 aliphatic carbocycles. The lowest BCUT2D eigenvalue weighted by molar-refractivity contribution is -0.116. The van der Waals surface area contributed by atoms with Crippen molar-refractivity contribution in [3.05, 3.63) is 86.8 Å². The van der Waals surface area contributed by atoms with E-state index in [0.717, 1.165) is 52.9 Å². The zero-order valence-electron chi connectivity index (χ0n) is 17.3. The summed E-state index contributed by atoms with van der Waals surface area (Å²) >= 11 is 1.51. The number of hydrogen-bond donors (Lipinski definition) is 1. The lowest BCUT2D eigenvalue weighted by atomic mass is 10.1. The Balaban J connectivity index is 1.59. The maximum absolute atomic E-state index is 13.1. The Kier molecular flexibility index (Phi) is 6.04. The van der Waals surface area contributed by atoms with Crippen LogP contribution in [0, 0.1) is 13.8 Å². The number of rotatable bonds is 6. The van der Waals surface area contributed by atoms with Crippen molar-refractivity contribution in [2.75, 3.05) is 5.32 Å². The number of amides is 1. The molecule has 0 atom stereocenters. The van der Waals surface area contributed by atoms with E-state index in [-0.39, 0.29) is 18.0 Å². The van der Waals surface area contributed by atoms with Gasteiger partial charge in [-0.05, 0) is 50.3 Å². The number of nitrogens with zero attached hydrogens (tertiary/aromatic N) is 2. The highest BCUT2D eigenvalue weighted by Gasteiger charge is 2.22. The highest BCUT2D eigenvalue weighted by atomic mass is 32.2. The molecule has 30 heavy (non-hydrogen) atoms. The van der Waals surface area contributed by atoms with Crippen LogP contribution in [0.3, 0.4) is 0 Å². The van der Waals surface area contributed by atoms with Crippen LogP contribution in [0.1, 0.15) is 34.4 Å². The van der Waals surface area contributed by atoms with E-state index in [2.05, 4.69) is 17.4 Å². The van der Waals surface area contributed by atoms with Crippen LogP contribution < -0.4 is 10.9 Å². The number of fused-ring (bicyclic) bond motifs is 1. The molecule has 0 saturated heterocycles. The molecule has 0 fully saturated rings. The molecular weight excluding hydrogens is 394 g/mol. The van der Waals surface area contributed by atoms with Crippen molar-refractivity contribution in [1.29, 1.82) is 0 Å². The van der Waals surface area contributed by atoms with E-state index < -0.39 is 0 Å². The molecule has 3 aromatic rings. The summed E-state index contributed by atoms with van der Waals surface area (Å²) in [6.07, 6.45) is 2.52. The Morgan fingerprint density at radius 1 is 1.13 bits per heavy atom. The normalized spacial score (nSPS) is 12.6. The fraction of sp³-hybridized carbons (Fsp3) is 0.292. The second kappa shape index (κ2) is 8.88. The summed E-state index contributed by atoms with van der Waals surface area (Å²) in [6, 6.07) is 16.0. The molecule has 0 spiro atoms. The van der Waals surface area contributed by atoms with Gasteiger partial charge in [0.05, 0.1) is 5.69 Å². The summed E-state index contributed by atoms with van der Waals surface area (Å²) in [5, 5.41) is 3.56. The van der Waals surface area contributed by atoms with Gasteiger partial charge in [0.25, 0.3) is 5.56 Å². The molecule has 1 aliphatic rings. The minimum Gasteiger partial charge on any atom is -0.324 e. The summed E-state index contributed by atoms with van der Waals surface area (Å²) in [6.45, 7) is 3.95. The number of anilines is 1. The van der Waals surface area contributed by atoms with Crippen LogP contribution in [-0.2, 0) is 29.9 Å². The maximum atomic E-state index is 13.1. The first kappa shape index (κ1) is 20.4. The Labute approximate surface area is 180 Å². The van der Waals surface area contributed by atoms with Crippen LogP contribution in [-0.4, -0.2) is 15.5 Å². The number of thioether (sulfide) groups is 1. The van der Waals surface area contributed by atoms with Gasteiger partial charge < -0.3 is 5.32 Å². The van der Waals surface area contributed by atoms with Gasteiger partial charge in [-0.2, -0.15) is 0 Å². The molecular formula is C24H25N3O2S. The van der Waals surface area contributed by atoms with Gasteiger partial charge in [0.15, 0.2) is 5.16 Å². The van der Waals surface area contributed by atoms with E-state index in [0.29, 0.717) is 10.9 Å². The fourth-order valence-electron chi connectivity index (χ4n) is 3.77. The van der Waals surface area contributed by atoms with E-state index >= 15 is 0 Å². The predicted molar refractivity (Wildman–Crippen MR) is 121 cm³/mol. The lowest BCUT2D eigenvalue weighted by Gasteiger charge is -2.15. The monoisotopic (exact) mass is 419 g/mol. The van der Waals surface area contributed by atoms with Crippen molar-refractivity contribution in [3.63, 3.8) is 0 Å². The first-order chi connectivity index (χ1) is 14.5. The van der Waals surface area contributed by atoms with Gasteiger partial charge in [-0.3, -0.25) is 14.2 Å². The Morgan fingerprint density at radius 2 is 1.93 bits per heavy atom. The highest BCUT2D eigenvalue weighted by molar-refractivity contribution is 7.98. The van der Waals surface area contributed by atoms with Gasteiger partial charge in [-0.1, -0.05) is 59.8 Å². The number of aryl methyl sites for hydroxylation is 3. The third kappa shape index (κ3) is 4.49. The molecule has 1 heterocycles. The minimum absolute atomic E-state index is 0.0381. The van der Waals surface area contributed by atoms with Crippen molar-refractivity contribution in [3.8, 4) is 0 Å². The summed E-state index contributed by atoms with van der Waals surface area (Å²) in [7, 11) is 0. The molecule has 0 saturated carbocycles. The highest BCUT2D eigenvalue weighted by Crippen LogP contribution is 2.24. The number of carbonyl (C=O) groups excluding carboxylic acids is 1. The fourth-order valence-corrected chi connectivity index (χ4v) is 4.73. The summed E-state index contributed by atoms with van der Waals surface area (Å²) in [4.78, 5) is 30.7. The van der Waals surface area contributed by atoms with Crippen LogP contribution in [0.4, 0.5) is 5.69 Å². The van der Waals surface area contributed by atoms with Gasteiger partial charge >= 0.3 is 0 Å². The van der Waals surface area contributed by atoms with Gasteiger partial charge in [0, 0.05) is 17.0 Å². The molecule has 1 amide bonds. The van der Waals surface area contributed by atoms with Crippen LogP contribution in [0.25, 0.3) is 0 Å². The third-order valence-corrected chi connectivity index (χ3v) is 6.37. The molecule has 0 radical (unpaired) electrons. The van der Waals surface area contributed by atoms with Gasteiger partial charge in [-0.25, -0.2) is 4.98 Å². The van der Waals surface area contributed by atoms with Crippen molar-refractivity contribution < 1.29 is 4.79 Å². The largest absolute Gasteiger partial charge is 0.324 e. The topological polar surface area (TPSA) is 64.0 Å². The van der Waals surface area contributed by atoms with Gasteiger partial charge in [-0.15, -0.1) is 0 Å². The Hall–Kier alpha value is -2.86. The first-order valence-corrected chi connectivity index (χ1v) is 11.2. The number of benzene rings is 2. The van der Waals surface area contributed by atoms with Gasteiger partial charge in [0.2, 0.25) is 5.91 Å². The van der Waals surface area contributed by atoms with E-state index in [1.807, 2.05) is 50.2 Å². The second-order valence-electron chi connectivity index (χ2n) is 7.71. The van der Waals surface area contributed by atoms with Crippen molar-refractivity contribution in [2.24, 2.45) is 0 Å². The van der Waals surface area contributed by atoms with E-state index in [4.69, 9.17) is 4.98 Å². The number of hydrogen-bond acceptors (Lipinski definition) is 4. The zero-order valence-corrected chi connectivity index (χ0v) is 18.1. The zero-order chi connectivity index (χ0) is 21.1. The molecule has 2 aromatic carbocycles. The molecule has 1 N–H and O–H groups in total. The average molecular weight is 420 g/mol. The molecule has 4 rings (SSSR count). The quantitative estimate of drug-likeness (QED) is 0.478. The number of nitrogens with one attached hydrogen (secondary N) is 1. The van der Waals surface area contributed by atoms with E-state index in [1.165, 1.54) is 16.3 Å². The van der Waals surface area contributed by atoms with Crippen LogP contribution in [0.2, 0.25) is 0 Å². The molecule has 0 unspecified atom stereocenters. The second-order valence-corrected chi connectivity index (χ2v) is 8.65. The minimum atomic E-state index is -0.217. The summed E-state index contributed by atoms with van der Waals surface area (Å²) < 4.78 is 1.54. The standard InChI is InChI=1S/C24H25N3O2S/c1-16-11-12-20(17(2)13-16)25-22(28)14-27-23(29)19-9-6-10-21(19)26-24(27)30-15-18-7-4-3-5-8-18/h3-5,7-8,11-13H,6,9-10,14-15H2,1-2H3,(H,25,28). The van der Waals surface area contributed by atoms with Crippen molar-refractivity contribution in [2.45, 2.75) is 50.6 Å². The van der Waals surface area contributed by atoms with E-state index in [9.17, 15) is 9.59 Å². The molecule has 1 aromatic heterocycles. The van der Waals surface area contributed by atoms with Crippen LogP contribution >= 0.6 is 11.8 Å². The summed E-state index contributed by atoms with van der Waals surface area (Å²) in [5.41, 5.74) is 5.64. The molecule has 0 aliphatic heterocycles. The number of carbonyl (C=O) groups is 1. The average Bonchev–Trinajstić information content (AvgIpc) is 3.20. The molecule has 6 heteroatoms. The Morgan fingerprint density at radius 3 is 2.70 bits per heavy atom. The molecule has 0 bridgehead atoms. The Bertz CT molecular complexity index is 1140. The molecule has 5 nitrogen and oxygen atoms in total. The third-order valence-electron chi connectivity index (χ3n) is 5.32. The predicted octanol–water partition coefficient (Wildman–Crippen LogP) is 4.28. The number of aromatic nitrogens is 2. The maximum Gasteiger partial charge on any atom is 0.258 e. The van der Waals surface area contributed by atoms with Crippen molar-refractivity contribution in [1.82, 2.24) is 9.55 Å². The van der Waals surface area contributed by atoms with Gasteiger partial charge in [0.1, 0.15) is 6.54 Å². The van der Waals surface area contributed by atoms with Crippen LogP contribution in [0.15, 0.2) is 58.5 Å². The van der Waals surface area contributed by atoms with E-state index in [1.54, 1.807) is 0 Å².